The third-order valence-electron chi connectivity index (χ3n) is 4.47. The monoisotopic (exact) mass is 309 g/mol. The van der Waals surface area contributed by atoms with Crippen molar-refractivity contribution in [2.45, 2.75) is 11.8 Å². The van der Waals surface area contributed by atoms with Crippen molar-refractivity contribution in [3.63, 3.8) is 0 Å². The van der Waals surface area contributed by atoms with E-state index in [0.29, 0.717) is 30.5 Å². The average molecular weight is 309 g/mol. The molecule has 1 aromatic carbocycles. The van der Waals surface area contributed by atoms with Crippen molar-refractivity contribution in [2.75, 3.05) is 26.2 Å². The first-order valence-corrected chi connectivity index (χ1v) is 8.45. The molecule has 0 saturated carbocycles. The number of primary amides is 1. The number of carbonyl (C=O) groups excluding carboxylic acids is 1. The number of aryl methyl sites for hydroxylation is 1. The van der Waals surface area contributed by atoms with Gasteiger partial charge < -0.3 is 11.1 Å². The Hall–Kier alpha value is -1.44. The van der Waals surface area contributed by atoms with Crippen LogP contribution in [0.1, 0.15) is 15.9 Å². The lowest BCUT2D eigenvalue weighted by molar-refractivity contribution is 0.0999. The Morgan fingerprint density at radius 1 is 1.29 bits per heavy atom. The van der Waals surface area contributed by atoms with Crippen molar-refractivity contribution < 1.29 is 13.2 Å². The zero-order valence-electron chi connectivity index (χ0n) is 11.9. The molecule has 0 radical (unpaired) electrons. The summed E-state index contributed by atoms with van der Waals surface area (Å²) in [5, 5.41) is 3.28. The fraction of sp³-hybridized carbons (Fsp3) is 0.500. The largest absolute Gasteiger partial charge is 0.366 e. The molecular formula is C14H19N3O3S. The molecule has 21 heavy (non-hydrogen) atoms. The van der Waals surface area contributed by atoms with Gasteiger partial charge in [0.1, 0.15) is 0 Å². The molecule has 0 spiro atoms. The highest BCUT2D eigenvalue weighted by molar-refractivity contribution is 7.89. The van der Waals surface area contributed by atoms with Gasteiger partial charge in [0.25, 0.3) is 0 Å². The molecule has 2 atom stereocenters. The molecule has 2 saturated heterocycles. The molecule has 3 N–H and O–H groups in total. The maximum Gasteiger partial charge on any atom is 0.249 e. The number of nitrogens with zero attached hydrogens (tertiary/aromatic N) is 1. The minimum absolute atomic E-state index is 0.148. The highest BCUT2D eigenvalue weighted by Crippen LogP contribution is 2.31. The second-order valence-electron chi connectivity index (χ2n) is 5.84. The van der Waals surface area contributed by atoms with E-state index in [1.807, 2.05) is 0 Å². The molecule has 7 heteroatoms. The number of sulfonamides is 1. The Morgan fingerprint density at radius 3 is 2.48 bits per heavy atom. The molecule has 2 heterocycles. The first-order chi connectivity index (χ1) is 9.89. The number of hydrogen-bond donors (Lipinski definition) is 2. The Labute approximate surface area is 124 Å². The molecule has 0 aromatic heterocycles. The SMILES string of the molecule is Cc1ccc(S(=O)(=O)N2CC3CNCC3C2)cc1C(N)=O. The fourth-order valence-electron chi connectivity index (χ4n) is 3.18. The van der Waals surface area contributed by atoms with Crippen molar-refractivity contribution in [2.24, 2.45) is 17.6 Å². The van der Waals surface area contributed by atoms with E-state index in [9.17, 15) is 13.2 Å². The molecule has 2 aliphatic heterocycles. The summed E-state index contributed by atoms with van der Waals surface area (Å²) >= 11 is 0. The predicted molar refractivity (Wildman–Crippen MR) is 78.3 cm³/mol. The Balaban J connectivity index is 1.92. The second kappa shape index (κ2) is 5.08. The lowest BCUT2D eigenvalue weighted by atomic mass is 10.0. The quantitative estimate of drug-likeness (QED) is 0.818. The molecule has 6 nitrogen and oxygen atoms in total. The Kier molecular flexibility index (Phi) is 3.51. The van der Waals surface area contributed by atoms with Crippen LogP contribution in [0.3, 0.4) is 0 Å². The summed E-state index contributed by atoms with van der Waals surface area (Å²) in [6.45, 7) is 4.57. The summed E-state index contributed by atoms with van der Waals surface area (Å²) in [5.41, 5.74) is 6.24. The van der Waals surface area contributed by atoms with E-state index in [-0.39, 0.29) is 10.5 Å². The van der Waals surface area contributed by atoms with Crippen LogP contribution in [0.2, 0.25) is 0 Å². The van der Waals surface area contributed by atoms with Crippen LogP contribution in [0.5, 0.6) is 0 Å². The molecule has 2 aliphatic rings. The summed E-state index contributed by atoms with van der Waals surface area (Å²) < 4.78 is 26.9. The summed E-state index contributed by atoms with van der Waals surface area (Å²) in [5.74, 6) is 0.175. The predicted octanol–water partition coefficient (Wildman–Crippen LogP) is -0.0662. The van der Waals surface area contributed by atoms with Gasteiger partial charge in [0.2, 0.25) is 15.9 Å². The number of nitrogens with one attached hydrogen (secondary N) is 1. The van der Waals surface area contributed by atoms with Crippen LogP contribution in [-0.4, -0.2) is 44.8 Å². The van der Waals surface area contributed by atoms with Crippen LogP contribution in [0.15, 0.2) is 23.1 Å². The van der Waals surface area contributed by atoms with E-state index >= 15 is 0 Å². The molecule has 3 rings (SSSR count). The first kappa shape index (κ1) is 14.5. The molecule has 0 aliphatic carbocycles. The standard InChI is InChI=1S/C14H19N3O3S/c1-9-2-3-12(4-13(9)14(15)18)21(19,20)17-7-10-5-16-6-11(10)8-17/h2-4,10-11,16H,5-8H2,1H3,(H2,15,18). The smallest absolute Gasteiger partial charge is 0.249 e. The number of benzene rings is 1. The summed E-state index contributed by atoms with van der Waals surface area (Å²) in [7, 11) is -3.56. The van der Waals surface area contributed by atoms with Gasteiger partial charge in [-0.2, -0.15) is 4.31 Å². The van der Waals surface area contributed by atoms with Gasteiger partial charge in [-0.25, -0.2) is 8.42 Å². The van der Waals surface area contributed by atoms with Crippen LogP contribution >= 0.6 is 0 Å². The van der Waals surface area contributed by atoms with Crippen molar-refractivity contribution >= 4 is 15.9 Å². The van der Waals surface area contributed by atoms with Crippen LogP contribution < -0.4 is 11.1 Å². The summed E-state index contributed by atoms with van der Waals surface area (Å²) in [4.78, 5) is 11.5. The first-order valence-electron chi connectivity index (χ1n) is 7.01. The van der Waals surface area contributed by atoms with E-state index < -0.39 is 15.9 Å². The fourth-order valence-corrected chi connectivity index (χ4v) is 4.77. The number of carbonyl (C=O) groups is 1. The molecule has 1 aromatic rings. The summed E-state index contributed by atoms with van der Waals surface area (Å²) in [6.07, 6.45) is 0. The van der Waals surface area contributed by atoms with Crippen LogP contribution in [-0.2, 0) is 10.0 Å². The summed E-state index contributed by atoms with van der Waals surface area (Å²) in [6, 6.07) is 4.56. The Bertz CT molecular complexity index is 675. The number of amides is 1. The van der Waals surface area contributed by atoms with Crippen molar-refractivity contribution in [3.8, 4) is 0 Å². The van der Waals surface area contributed by atoms with Crippen molar-refractivity contribution in [1.29, 1.82) is 0 Å². The average Bonchev–Trinajstić information content (AvgIpc) is 2.99. The lowest BCUT2D eigenvalue weighted by Gasteiger charge is -2.18. The van der Waals surface area contributed by atoms with Gasteiger partial charge in [0, 0.05) is 18.7 Å². The number of hydrogen-bond acceptors (Lipinski definition) is 4. The van der Waals surface area contributed by atoms with Crippen LogP contribution in [0, 0.1) is 18.8 Å². The van der Waals surface area contributed by atoms with E-state index in [0.717, 1.165) is 13.1 Å². The minimum atomic E-state index is -3.56. The van der Waals surface area contributed by atoms with E-state index in [4.69, 9.17) is 5.73 Å². The van der Waals surface area contributed by atoms with Gasteiger partial charge in [-0.3, -0.25) is 4.79 Å². The van der Waals surface area contributed by atoms with Gasteiger partial charge in [0.05, 0.1) is 4.90 Å². The van der Waals surface area contributed by atoms with Gasteiger partial charge >= 0.3 is 0 Å². The van der Waals surface area contributed by atoms with Crippen molar-refractivity contribution in [3.05, 3.63) is 29.3 Å². The minimum Gasteiger partial charge on any atom is -0.366 e. The van der Waals surface area contributed by atoms with E-state index in [1.54, 1.807) is 19.1 Å². The topological polar surface area (TPSA) is 92.5 Å². The number of nitrogens with two attached hydrogens (primary N) is 1. The van der Waals surface area contributed by atoms with Gasteiger partial charge in [0.15, 0.2) is 0 Å². The Morgan fingerprint density at radius 2 is 1.90 bits per heavy atom. The molecule has 1 amide bonds. The third kappa shape index (κ3) is 2.45. The van der Waals surface area contributed by atoms with E-state index in [2.05, 4.69) is 5.32 Å². The van der Waals surface area contributed by atoms with E-state index in [1.165, 1.54) is 10.4 Å². The second-order valence-corrected chi connectivity index (χ2v) is 7.78. The molecule has 2 fully saturated rings. The van der Waals surface area contributed by atoms with Gasteiger partial charge in [-0.15, -0.1) is 0 Å². The molecule has 114 valence electrons. The highest BCUT2D eigenvalue weighted by Gasteiger charge is 2.41. The molecule has 2 unspecified atom stereocenters. The van der Waals surface area contributed by atoms with Gasteiger partial charge in [-0.05, 0) is 49.5 Å². The maximum absolute atomic E-state index is 12.7. The zero-order valence-corrected chi connectivity index (χ0v) is 12.7. The highest BCUT2D eigenvalue weighted by atomic mass is 32.2. The van der Waals surface area contributed by atoms with Crippen LogP contribution in [0.25, 0.3) is 0 Å². The normalized spacial score (nSPS) is 26.0. The molecular weight excluding hydrogens is 290 g/mol. The third-order valence-corrected chi connectivity index (χ3v) is 6.30. The molecule has 0 bridgehead atoms. The zero-order chi connectivity index (χ0) is 15.2. The number of fused-ring (bicyclic) bond motifs is 1. The van der Waals surface area contributed by atoms with Crippen LogP contribution in [0.4, 0.5) is 0 Å². The van der Waals surface area contributed by atoms with Crippen molar-refractivity contribution in [1.82, 2.24) is 9.62 Å². The van der Waals surface area contributed by atoms with Gasteiger partial charge in [-0.1, -0.05) is 6.07 Å². The number of rotatable bonds is 3. The lowest BCUT2D eigenvalue weighted by Crippen LogP contribution is -2.32. The maximum atomic E-state index is 12.7.